The van der Waals surface area contributed by atoms with E-state index in [1.807, 2.05) is 18.2 Å². The van der Waals surface area contributed by atoms with Crippen LogP contribution in [0.15, 0.2) is 42.5 Å². The molecule has 0 bridgehead atoms. The van der Waals surface area contributed by atoms with E-state index < -0.39 is 17.7 Å². The lowest BCUT2D eigenvalue weighted by molar-refractivity contribution is -0.471. The van der Waals surface area contributed by atoms with E-state index in [0.717, 1.165) is 5.56 Å². The Kier molecular flexibility index (Phi) is 5.13. The van der Waals surface area contributed by atoms with Gasteiger partial charge >= 0.3 is 0 Å². The van der Waals surface area contributed by atoms with Gasteiger partial charge in [-0.15, -0.1) is 0 Å². The van der Waals surface area contributed by atoms with Gasteiger partial charge in [0.2, 0.25) is 12.7 Å². The van der Waals surface area contributed by atoms with E-state index in [-0.39, 0.29) is 11.9 Å². The van der Waals surface area contributed by atoms with Gasteiger partial charge in [0.15, 0.2) is 35.3 Å². The molecule has 148 valence electrons. The minimum Gasteiger partial charge on any atom is -0.497 e. The molecule has 2 N–H and O–H groups in total. The smallest absolute Gasteiger partial charge is 0.256 e. The molecule has 0 aromatic heterocycles. The Bertz CT molecular complexity index is 1010. The first-order valence-electron chi connectivity index (χ1n) is 8.85. The van der Waals surface area contributed by atoms with Crippen molar-refractivity contribution in [1.82, 2.24) is 5.32 Å². The summed E-state index contributed by atoms with van der Waals surface area (Å²) in [6, 6.07) is 12.4. The molecule has 1 saturated heterocycles. The number of nitrogens with one attached hydrogen (secondary N) is 2. The summed E-state index contributed by atoms with van der Waals surface area (Å²) < 4.78 is 15.8. The van der Waals surface area contributed by atoms with Gasteiger partial charge in [0.25, 0.3) is 5.91 Å². The summed E-state index contributed by atoms with van der Waals surface area (Å²) in [5.74, 6) is 0.111. The first-order chi connectivity index (χ1) is 14.1. The average molecular weight is 412 g/mol. The number of methoxy groups -OCH3 is 1. The molecule has 2 aliphatic rings. The molecule has 0 aliphatic carbocycles. The van der Waals surface area contributed by atoms with Crippen molar-refractivity contribution in [1.29, 1.82) is 0 Å². The minimum atomic E-state index is -1.02. The minimum absolute atomic E-state index is 0.0468. The second-order valence-electron chi connectivity index (χ2n) is 6.38. The summed E-state index contributed by atoms with van der Waals surface area (Å²) in [7, 11) is 1.56. The van der Waals surface area contributed by atoms with Gasteiger partial charge < -0.3 is 19.5 Å². The summed E-state index contributed by atoms with van der Waals surface area (Å²) in [6.45, 7) is 0.622. The summed E-state index contributed by atoms with van der Waals surface area (Å²) >= 11 is 5.19. The average Bonchev–Trinajstić information content (AvgIpc) is 3.18. The van der Waals surface area contributed by atoms with E-state index in [0.29, 0.717) is 29.5 Å². The fraction of sp³-hybridized carbons (Fsp3) is 0.200. The summed E-state index contributed by atoms with van der Waals surface area (Å²) in [4.78, 5) is 29.6. The molecule has 0 unspecified atom stereocenters. The van der Waals surface area contributed by atoms with E-state index in [4.69, 9.17) is 26.4 Å². The number of ether oxygens (including phenoxy) is 3. The fourth-order valence-corrected chi connectivity index (χ4v) is 3.35. The Labute approximate surface area is 172 Å². The van der Waals surface area contributed by atoms with E-state index in [2.05, 4.69) is 10.3 Å². The molecular formula is C20H18N3O5S+. The molecule has 2 aromatic carbocycles. The van der Waals surface area contributed by atoms with Crippen LogP contribution in [0.4, 0.5) is 5.69 Å². The van der Waals surface area contributed by atoms with E-state index in [1.165, 1.54) is 11.1 Å². The third-order valence-electron chi connectivity index (χ3n) is 4.56. The number of anilines is 1. The van der Waals surface area contributed by atoms with Crippen LogP contribution in [-0.4, -0.2) is 37.0 Å². The van der Waals surface area contributed by atoms with E-state index >= 15 is 0 Å². The van der Waals surface area contributed by atoms with Crippen LogP contribution < -0.4 is 29.4 Å². The predicted octanol–water partition coefficient (Wildman–Crippen LogP) is 0.139. The van der Waals surface area contributed by atoms with Gasteiger partial charge in [0, 0.05) is 5.56 Å². The van der Waals surface area contributed by atoms with Crippen molar-refractivity contribution >= 4 is 41.0 Å². The molecule has 9 heteroatoms. The zero-order valence-corrected chi connectivity index (χ0v) is 16.3. The van der Waals surface area contributed by atoms with Crippen molar-refractivity contribution < 1.29 is 28.8 Å². The highest BCUT2D eigenvalue weighted by Crippen LogP contribution is 2.32. The van der Waals surface area contributed by atoms with Crippen molar-refractivity contribution in [2.45, 2.75) is 6.54 Å². The number of rotatable bonds is 5. The number of fused-ring (bicyclic) bond motifs is 1. The normalized spacial score (nSPS) is 18.3. The molecule has 0 spiro atoms. The van der Waals surface area contributed by atoms with Crippen molar-refractivity contribution in [3.8, 4) is 17.2 Å². The maximum Gasteiger partial charge on any atom is 0.256 e. The van der Waals surface area contributed by atoms with Gasteiger partial charge in [0.1, 0.15) is 5.75 Å². The van der Waals surface area contributed by atoms with Crippen molar-refractivity contribution in [3.05, 3.63) is 48.0 Å². The van der Waals surface area contributed by atoms with Crippen LogP contribution >= 0.6 is 12.2 Å². The Morgan fingerprint density at radius 3 is 2.72 bits per heavy atom. The van der Waals surface area contributed by atoms with Crippen molar-refractivity contribution in [2.75, 3.05) is 18.8 Å². The molecule has 8 nitrogen and oxygen atoms in total. The second kappa shape index (κ2) is 7.88. The van der Waals surface area contributed by atoms with Crippen molar-refractivity contribution in [3.63, 3.8) is 0 Å². The van der Waals surface area contributed by atoms with Crippen LogP contribution in [0, 0.1) is 5.92 Å². The van der Waals surface area contributed by atoms with Crippen molar-refractivity contribution in [2.24, 2.45) is 5.92 Å². The molecule has 29 heavy (non-hydrogen) atoms. The first-order valence-corrected chi connectivity index (χ1v) is 9.26. The molecule has 2 heterocycles. The van der Waals surface area contributed by atoms with Gasteiger partial charge in [-0.05, 0) is 54.7 Å². The third-order valence-corrected chi connectivity index (χ3v) is 4.85. The summed E-state index contributed by atoms with van der Waals surface area (Å²) in [6.07, 6.45) is 1.47. The Hall–Kier alpha value is -3.46. The molecule has 2 aromatic rings. The van der Waals surface area contributed by atoms with Gasteiger partial charge in [0.05, 0.1) is 12.8 Å². The number of carbonyl (C=O) groups excluding carboxylic acids is 2. The quantitative estimate of drug-likeness (QED) is 0.413. The first kappa shape index (κ1) is 18.9. The molecule has 0 saturated carbocycles. The monoisotopic (exact) mass is 412 g/mol. The Morgan fingerprint density at radius 1 is 1.21 bits per heavy atom. The maximum atomic E-state index is 12.9. The highest BCUT2D eigenvalue weighted by atomic mass is 32.1. The number of thiocarbonyl (C=S) groups is 1. The molecule has 4 rings (SSSR count). The van der Waals surface area contributed by atoms with E-state index in [1.54, 1.807) is 31.4 Å². The molecular weight excluding hydrogens is 394 g/mol. The van der Waals surface area contributed by atoms with Gasteiger partial charge in [-0.2, -0.15) is 0 Å². The van der Waals surface area contributed by atoms with Crippen LogP contribution in [0.3, 0.4) is 0 Å². The zero-order chi connectivity index (χ0) is 20.4. The van der Waals surface area contributed by atoms with Gasteiger partial charge in [-0.25, -0.2) is 4.99 Å². The molecule has 2 amide bonds. The van der Waals surface area contributed by atoms with Crippen LogP contribution in [0.5, 0.6) is 17.2 Å². The number of amides is 2. The van der Waals surface area contributed by atoms with Crippen LogP contribution in [0.1, 0.15) is 5.56 Å². The highest BCUT2D eigenvalue weighted by molar-refractivity contribution is 7.80. The SMILES string of the molecule is COc1ccc(N2C(=O)[C@H](C=[NH+]Cc3ccc4c(c3)OCO4)C(=O)NC2=S)cc1. The van der Waals surface area contributed by atoms with Crippen LogP contribution in [0.2, 0.25) is 0 Å². The number of hydrogen-bond donors (Lipinski definition) is 2. The lowest BCUT2D eigenvalue weighted by Gasteiger charge is -2.30. The largest absolute Gasteiger partial charge is 0.497 e. The molecule has 1 fully saturated rings. The maximum absolute atomic E-state index is 12.9. The number of nitrogens with zero attached hydrogens (tertiary/aromatic N) is 1. The predicted molar refractivity (Wildman–Crippen MR) is 108 cm³/mol. The lowest BCUT2D eigenvalue weighted by Crippen LogP contribution is -2.71. The Balaban J connectivity index is 1.50. The summed E-state index contributed by atoms with van der Waals surface area (Å²) in [5, 5.41) is 2.63. The highest BCUT2D eigenvalue weighted by Gasteiger charge is 2.40. The third kappa shape index (κ3) is 3.77. The zero-order valence-electron chi connectivity index (χ0n) is 15.5. The van der Waals surface area contributed by atoms with Gasteiger partial charge in [-0.3, -0.25) is 14.5 Å². The van der Waals surface area contributed by atoms with Crippen LogP contribution in [0.25, 0.3) is 0 Å². The number of benzene rings is 2. The molecule has 1 atom stereocenters. The second-order valence-corrected chi connectivity index (χ2v) is 6.77. The number of hydrogen-bond acceptors (Lipinski definition) is 6. The van der Waals surface area contributed by atoms with Crippen LogP contribution in [-0.2, 0) is 16.1 Å². The Morgan fingerprint density at radius 2 is 1.97 bits per heavy atom. The lowest BCUT2D eigenvalue weighted by atomic mass is 10.1. The number of carbonyl (C=O) groups is 2. The molecule has 2 aliphatic heterocycles. The van der Waals surface area contributed by atoms with Gasteiger partial charge in [-0.1, -0.05) is 0 Å². The van der Waals surface area contributed by atoms with E-state index in [9.17, 15) is 9.59 Å². The molecule has 0 radical (unpaired) electrons. The standard InChI is InChI=1S/C20H17N3O5S/c1-26-14-5-3-13(4-6-14)23-19(25)15(18(24)22-20(23)29)10-21-9-12-2-7-16-17(8-12)28-11-27-16/h2-8,10,15H,9,11H2,1H3,(H,22,24,29)/p+1/t15-/m1/s1. The summed E-state index contributed by atoms with van der Waals surface area (Å²) in [5.41, 5.74) is 1.48. The fourth-order valence-electron chi connectivity index (χ4n) is 3.06. The topological polar surface area (TPSA) is 91.1 Å².